The van der Waals surface area contributed by atoms with Crippen LogP contribution < -0.4 is 9.62 Å². The number of hydrogen-bond acceptors (Lipinski definition) is 7. The number of benzene rings is 2. The van der Waals surface area contributed by atoms with Crippen LogP contribution in [0.2, 0.25) is 0 Å². The van der Waals surface area contributed by atoms with Crippen molar-refractivity contribution in [2.45, 2.75) is 32.2 Å². The van der Waals surface area contributed by atoms with Crippen molar-refractivity contribution < 1.29 is 13.2 Å². The number of sulfonamides is 1. The molecule has 3 aromatic rings. The van der Waals surface area contributed by atoms with Crippen LogP contribution in [0.15, 0.2) is 48.5 Å². The highest BCUT2D eigenvalue weighted by atomic mass is 32.2. The van der Waals surface area contributed by atoms with Gasteiger partial charge in [-0.15, -0.1) is 11.3 Å². The normalized spacial score (nSPS) is 13.4. The summed E-state index contributed by atoms with van der Waals surface area (Å²) in [5.41, 5.74) is 3.88. The molecule has 1 aromatic heterocycles. The van der Waals surface area contributed by atoms with E-state index in [9.17, 15) is 13.2 Å². The summed E-state index contributed by atoms with van der Waals surface area (Å²) < 4.78 is 24.9. The van der Waals surface area contributed by atoms with Gasteiger partial charge in [0, 0.05) is 10.6 Å². The van der Waals surface area contributed by atoms with Crippen LogP contribution >= 0.6 is 11.3 Å². The molecule has 0 bridgehead atoms. The molecule has 1 heterocycles. The largest absolute Gasteiger partial charge is 0.313 e. The molecule has 1 fully saturated rings. The Bertz CT molecular complexity index is 1290. The van der Waals surface area contributed by atoms with Crippen molar-refractivity contribution in [2.24, 2.45) is 0 Å². The molecule has 164 valence electrons. The quantitative estimate of drug-likeness (QED) is 0.559. The van der Waals surface area contributed by atoms with Crippen LogP contribution in [-0.4, -0.2) is 25.6 Å². The lowest BCUT2D eigenvalue weighted by atomic mass is 10.1. The van der Waals surface area contributed by atoms with Crippen molar-refractivity contribution in [2.75, 3.05) is 11.2 Å². The maximum absolute atomic E-state index is 12.4. The number of carbonyl (C=O) groups excluding carboxylic acids is 1. The zero-order valence-electron chi connectivity index (χ0n) is 17.7. The second kappa shape index (κ2) is 8.73. The average molecular weight is 467 g/mol. The summed E-state index contributed by atoms with van der Waals surface area (Å²) in [6.07, 6.45) is 3.42. The number of thiazole rings is 1. The van der Waals surface area contributed by atoms with Crippen LogP contribution in [-0.2, 0) is 16.6 Å². The van der Waals surface area contributed by atoms with E-state index in [4.69, 9.17) is 5.26 Å². The molecule has 7 nitrogen and oxygen atoms in total. The summed E-state index contributed by atoms with van der Waals surface area (Å²) in [6, 6.07) is 17.8. The summed E-state index contributed by atoms with van der Waals surface area (Å²) in [4.78, 5) is 19.4. The molecule has 0 unspecified atom stereocenters. The number of nitrogens with zero attached hydrogens (tertiary/aromatic N) is 3. The average Bonchev–Trinajstić information content (AvgIpc) is 3.53. The molecule has 0 aliphatic heterocycles. The van der Waals surface area contributed by atoms with Crippen LogP contribution in [0.25, 0.3) is 0 Å². The number of carbonyl (C=O) groups is 1. The number of hydrogen-bond donors (Lipinski definition) is 1. The molecule has 32 heavy (non-hydrogen) atoms. The summed E-state index contributed by atoms with van der Waals surface area (Å²) in [6.45, 7) is 2.25. The molecule has 9 heteroatoms. The molecule has 1 aliphatic carbocycles. The minimum absolute atomic E-state index is 0.0816. The Hall–Kier alpha value is -3.22. The summed E-state index contributed by atoms with van der Waals surface area (Å²) in [5.74, 6) is -0.0720. The van der Waals surface area contributed by atoms with Crippen molar-refractivity contribution in [1.82, 2.24) is 9.71 Å². The third-order valence-electron chi connectivity index (χ3n) is 5.19. The van der Waals surface area contributed by atoms with E-state index in [0.717, 1.165) is 17.5 Å². The third kappa shape index (κ3) is 5.15. The van der Waals surface area contributed by atoms with Crippen molar-refractivity contribution in [3.8, 4) is 6.07 Å². The number of nitrogens with one attached hydrogen (secondary N) is 1. The van der Waals surface area contributed by atoms with E-state index >= 15 is 0 Å². The molecular formula is C23H22N4O3S2. The minimum Gasteiger partial charge on any atom is -0.313 e. The van der Waals surface area contributed by atoms with Gasteiger partial charge in [0.2, 0.25) is 10.0 Å². The number of anilines is 2. The molecule has 0 saturated heterocycles. The number of nitriles is 1. The lowest BCUT2D eigenvalue weighted by Gasteiger charge is -2.22. The van der Waals surface area contributed by atoms with Crippen LogP contribution in [0.3, 0.4) is 0 Å². The van der Waals surface area contributed by atoms with Gasteiger partial charge in [-0.25, -0.2) is 18.1 Å². The minimum atomic E-state index is -3.69. The van der Waals surface area contributed by atoms with E-state index in [1.165, 1.54) is 29.7 Å². The Kier molecular flexibility index (Phi) is 6.00. The fourth-order valence-corrected chi connectivity index (χ4v) is 4.76. The van der Waals surface area contributed by atoms with Gasteiger partial charge in [0.05, 0.1) is 24.4 Å². The van der Waals surface area contributed by atoms with E-state index < -0.39 is 15.9 Å². The van der Waals surface area contributed by atoms with Crippen LogP contribution in [0, 0.1) is 18.3 Å². The Morgan fingerprint density at radius 3 is 2.41 bits per heavy atom. The van der Waals surface area contributed by atoms with Crippen molar-refractivity contribution in [3.63, 3.8) is 0 Å². The highest BCUT2D eigenvalue weighted by Crippen LogP contribution is 2.40. The fraction of sp³-hybridized carbons (Fsp3) is 0.261. The zero-order valence-corrected chi connectivity index (χ0v) is 19.3. The van der Waals surface area contributed by atoms with Gasteiger partial charge in [0.15, 0.2) is 5.13 Å². The molecule has 1 amide bonds. The van der Waals surface area contributed by atoms with Gasteiger partial charge in [-0.1, -0.05) is 24.3 Å². The second-order valence-electron chi connectivity index (χ2n) is 7.87. The highest BCUT2D eigenvalue weighted by Gasteiger charge is 2.24. The lowest BCUT2D eigenvalue weighted by Crippen LogP contribution is -2.30. The molecule has 2 aromatic carbocycles. The predicted octanol–water partition coefficient (Wildman–Crippen LogP) is 4.23. The molecule has 0 spiro atoms. The molecule has 1 aliphatic rings. The van der Waals surface area contributed by atoms with Crippen LogP contribution in [0.4, 0.5) is 10.8 Å². The van der Waals surface area contributed by atoms with Gasteiger partial charge in [-0.2, -0.15) is 5.26 Å². The van der Waals surface area contributed by atoms with Gasteiger partial charge in [-0.05, 0) is 61.1 Å². The van der Waals surface area contributed by atoms with Gasteiger partial charge in [0.25, 0.3) is 5.91 Å². The molecule has 1 N–H and O–H groups in total. The third-order valence-corrected chi connectivity index (χ3v) is 6.74. The first-order valence-corrected chi connectivity index (χ1v) is 12.8. The maximum atomic E-state index is 12.4. The van der Waals surface area contributed by atoms with E-state index in [2.05, 4.69) is 35.3 Å². The first-order chi connectivity index (χ1) is 15.2. The smallest absolute Gasteiger partial charge is 0.284 e. The predicted molar refractivity (Wildman–Crippen MR) is 125 cm³/mol. The number of aromatic nitrogens is 1. The van der Waals surface area contributed by atoms with Crippen LogP contribution in [0.1, 0.15) is 50.8 Å². The van der Waals surface area contributed by atoms with Crippen molar-refractivity contribution in [1.29, 1.82) is 5.26 Å². The summed E-state index contributed by atoms with van der Waals surface area (Å²) in [5, 5.41) is 9.69. The topological polar surface area (TPSA) is 103 Å². The maximum Gasteiger partial charge on any atom is 0.284 e. The standard InChI is InChI=1S/C23H22N4O3S2/c1-15-21(22(28)26-32(2,29)30)25-23(31-15)27(20-11-5-16(13-24)6-12-20)14-17-3-7-18(8-4-17)19-9-10-19/h3-8,11-12,19H,9-10,14H2,1-2H3,(H,26,28). The van der Waals surface area contributed by atoms with Crippen molar-refractivity contribution >= 4 is 38.1 Å². The fourth-order valence-electron chi connectivity index (χ4n) is 3.41. The summed E-state index contributed by atoms with van der Waals surface area (Å²) >= 11 is 1.31. The molecule has 4 rings (SSSR count). The Morgan fingerprint density at radius 2 is 1.84 bits per heavy atom. The van der Waals surface area contributed by atoms with E-state index in [-0.39, 0.29) is 5.69 Å². The van der Waals surface area contributed by atoms with Crippen LogP contribution in [0.5, 0.6) is 0 Å². The van der Waals surface area contributed by atoms with Gasteiger partial charge >= 0.3 is 0 Å². The molecular weight excluding hydrogens is 444 g/mol. The monoisotopic (exact) mass is 466 g/mol. The molecule has 0 atom stereocenters. The number of amides is 1. The highest BCUT2D eigenvalue weighted by molar-refractivity contribution is 7.89. The number of aryl methyl sites for hydroxylation is 1. The number of rotatable bonds is 7. The van der Waals surface area contributed by atoms with Gasteiger partial charge in [0.1, 0.15) is 5.69 Å². The first kappa shape index (κ1) is 22.0. The van der Waals surface area contributed by atoms with Crippen molar-refractivity contribution in [3.05, 3.63) is 75.8 Å². The zero-order chi connectivity index (χ0) is 22.9. The molecule has 0 radical (unpaired) electrons. The van der Waals surface area contributed by atoms with Gasteiger partial charge < -0.3 is 4.90 Å². The molecule has 1 saturated carbocycles. The Morgan fingerprint density at radius 1 is 1.19 bits per heavy atom. The second-order valence-corrected chi connectivity index (χ2v) is 10.8. The Balaban J connectivity index is 1.67. The van der Waals surface area contributed by atoms with E-state index in [1.54, 1.807) is 19.1 Å². The lowest BCUT2D eigenvalue weighted by molar-refractivity contribution is 0.0977. The van der Waals surface area contributed by atoms with E-state index in [0.29, 0.717) is 28.0 Å². The Labute approximate surface area is 191 Å². The SMILES string of the molecule is Cc1sc(N(Cc2ccc(C3CC3)cc2)c2ccc(C#N)cc2)nc1C(=O)NS(C)(=O)=O. The van der Waals surface area contributed by atoms with E-state index in [1.807, 2.05) is 21.8 Å². The summed E-state index contributed by atoms with van der Waals surface area (Å²) in [7, 11) is -3.69. The van der Waals surface area contributed by atoms with Gasteiger partial charge in [-0.3, -0.25) is 4.79 Å². The first-order valence-electron chi connectivity index (χ1n) is 10.1.